The lowest BCUT2D eigenvalue weighted by molar-refractivity contribution is -0.894. The van der Waals surface area contributed by atoms with E-state index >= 15 is 0 Å². The van der Waals surface area contributed by atoms with Crippen LogP contribution in [0.5, 0.6) is 0 Å². The molecular weight excluding hydrogens is 572 g/mol. The van der Waals surface area contributed by atoms with Crippen LogP contribution in [0.4, 0.5) is 0 Å². The minimum atomic E-state index is 0. The van der Waals surface area contributed by atoms with E-state index in [1.807, 2.05) is 0 Å². The van der Waals surface area contributed by atoms with Gasteiger partial charge in [-0.3, -0.25) is 0 Å². The molecule has 4 heteroatoms. The molecule has 0 aliphatic rings. The Kier molecular flexibility index (Phi) is 37.1. The van der Waals surface area contributed by atoms with E-state index in [0.717, 1.165) is 15.0 Å². The monoisotopic (exact) mass is 642 g/mol. The minimum absolute atomic E-state index is 0. The van der Waals surface area contributed by atoms with Crippen molar-refractivity contribution in [3.8, 4) is 0 Å². The highest BCUT2D eigenvalue weighted by Gasteiger charge is 2.16. The Labute approximate surface area is 252 Å². The van der Waals surface area contributed by atoms with Gasteiger partial charge in [0.05, 0.1) is 54.9 Å². The van der Waals surface area contributed by atoms with Crippen molar-refractivity contribution in [2.75, 3.05) is 48.8 Å². The second kappa shape index (κ2) is 30.4. The molecule has 36 heavy (non-hydrogen) atoms. The van der Waals surface area contributed by atoms with Gasteiger partial charge >= 0.3 is 0 Å². The SMILES string of the molecule is CCCCCCCCCCCCC(C)[N+](C)(C)C.CCCCCCCCCCCC[N+](C)(C)C.[Br-].[Br-]. The molecule has 0 aromatic heterocycles. The Morgan fingerprint density at radius 2 is 0.694 bits per heavy atom. The van der Waals surface area contributed by atoms with Crippen LogP contribution in [-0.4, -0.2) is 63.8 Å². The van der Waals surface area contributed by atoms with Crippen molar-refractivity contribution >= 4 is 0 Å². The predicted molar refractivity (Wildman–Crippen MR) is 159 cm³/mol. The Bertz CT molecular complexity index is 389. The first-order chi connectivity index (χ1) is 16.0. The smallest absolute Gasteiger partial charge is 0.0855 e. The Balaban J connectivity index is -0.000000271. The third-order valence-corrected chi connectivity index (χ3v) is 7.48. The van der Waals surface area contributed by atoms with Crippen molar-refractivity contribution in [1.82, 2.24) is 0 Å². The molecule has 0 spiro atoms. The number of quaternary nitrogens is 2. The van der Waals surface area contributed by atoms with Gasteiger partial charge in [0.2, 0.25) is 0 Å². The third kappa shape index (κ3) is 39.4. The van der Waals surface area contributed by atoms with Gasteiger partial charge in [0, 0.05) is 0 Å². The van der Waals surface area contributed by atoms with Gasteiger partial charge in [-0.1, -0.05) is 123 Å². The summed E-state index contributed by atoms with van der Waals surface area (Å²) in [6, 6.07) is 0.805. The van der Waals surface area contributed by atoms with E-state index in [4.69, 9.17) is 0 Å². The van der Waals surface area contributed by atoms with E-state index in [-0.39, 0.29) is 34.0 Å². The molecule has 1 atom stereocenters. The molecule has 0 heterocycles. The molecule has 0 N–H and O–H groups in total. The Hall–Kier alpha value is 0.880. The molecule has 0 radical (unpaired) electrons. The van der Waals surface area contributed by atoms with Gasteiger partial charge in [-0.05, 0) is 32.6 Å². The third-order valence-electron chi connectivity index (χ3n) is 7.48. The van der Waals surface area contributed by atoms with Crippen molar-refractivity contribution in [3.63, 3.8) is 0 Å². The molecular formula is C32H72Br2N2. The van der Waals surface area contributed by atoms with Crippen molar-refractivity contribution in [2.24, 2.45) is 0 Å². The maximum Gasteiger partial charge on any atom is 0.0855 e. The van der Waals surface area contributed by atoms with E-state index in [2.05, 4.69) is 63.1 Å². The van der Waals surface area contributed by atoms with Crippen LogP contribution in [-0.2, 0) is 0 Å². The summed E-state index contributed by atoms with van der Waals surface area (Å²) in [5, 5.41) is 0. The zero-order chi connectivity index (χ0) is 26.1. The van der Waals surface area contributed by atoms with E-state index in [0.29, 0.717) is 0 Å². The molecule has 1 unspecified atom stereocenters. The largest absolute Gasteiger partial charge is 1.00 e. The summed E-state index contributed by atoms with van der Waals surface area (Å²) in [6.45, 7) is 8.29. The van der Waals surface area contributed by atoms with E-state index in [1.165, 1.54) is 141 Å². The molecule has 0 aliphatic heterocycles. The highest BCUT2D eigenvalue weighted by Crippen LogP contribution is 2.15. The van der Waals surface area contributed by atoms with Crippen molar-refractivity contribution in [1.29, 1.82) is 0 Å². The molecule has 0 aromatic carbocycles. The van der Waals surface area contributed by atoms with Gasteiger partial charge in [-0.25, -0.2) is 0 Å². The zero-order valence-corrected chi connectivity index (χ0v) is 30.0. The summed E-state index contributed by atoms with van der Waals surface area (Å²) in [5.41, 5.74) is 0. The molecule has 0 fully saturated rings. The molecule has 0 amide bonds. The van der Waals surface area contributed by atoms with Gasteiger partial charge < -0.3 is 42.9 Å². The number of nitrogens with zero attached hydrogens (tertiary/aromatic N) is 2. The number of hydrogen-bond acceptors (Lipinski definition) is 0. The second-order valence-electron chi connectivity index (χ2n) is 13.1. The molecule has 0 saturated carbocycles. The van der Waals surface area contributed by atoms with Gasteiger partial charge in [-0.15, -0.1) is 0 Å². The maximum absolute atomic E-state index is 2.38. The van der Waals surface area contributed by atoms with Gasteiger partial charge in [0.1, 0.15) is 0 Å². The molecule has 0 aliphatic carbocycles. The molecule has 0 saturated heterocycles. The predicted octanol–water partition coefficient (Wildman–Crippen LogP) is 4.01. The Morgan fingerprint density at radius 1 is 0.417 bits per heavy atom. The summed E-state index contributed by atoms with van der Waals surface area (Å²) in [7, 11) is 13.8. The van der Waals surface area contributed by atoms with Gasteiger partial charge in [-0.2, -0.15) is 0 Å². The van der Waals surface area contributed by atoms with Crippen LogP contribution in [0.15, 0.2) is 0 Å². The molecule has 0 aromatic rings. The normalized spacial score (nSPS) is 12.2. The fourth-order valence-corrected chi connectivity index (χ4v) is 4.39. The van der Waals surface area contributed by atoms with Crippen LogP contribution in [0.1, 0.15) is 156 Å². The average Bonchev–Trinajstić information content (AvgIpc) is 2.75. The molecule has 224 valence electrons. The summed E-state index contributed by atoms with van der Waals surface area (Å²) < 4.78 is 2.23. The van der Waals surface area contributed by atoms with Crippen LogP contribution < -0.4 is 34.0 Å². The van der Waals surface area contributed by atoms with Gasteiger partial charge in [0.25, 0.3) is 0 Å². The summed E-state index contributed by atoms with van der Waals surface area (Å²) in [4.78, 5) is 0. The highest BCUT2D eigenvalue weighted by atomic mass is 79.9. The van der Waals surface area contributed by atoms with Crippen molar-refractivity contribution in [2.45, 2.75) is 162 Å². The lowest BCUT2D eigenvalue weighted by Crippen LogP contribution is -3.00. The standard InChI is InChI=1S/C17H38N.C15H34N.2BrH/c1-6-7-8-9-10-11-12-13-14-15-16-17(2)18(3,4)5;1-5-6-7-8-9-10-11-12-13-14-15-16(2,3)4;;/h17H,6-16H2,1-5H3;5-15H2,1-4H3;2*1H/q2*+1;;/p-2. The summed E-state index contributed by atoms with van der Waals surface area (Å²) in [6.07, 6.45) is 30.2. The second-order valence-corrected chi connectivity index (χ2v) is 13.1. The minimum Gasteiger partial charge on any atom is -1.00 e. The van der Waals surface area contributed by atoms with E-state index < -0.39 is 0 Å². The fraction of sp³-hybridized carbons (Fsp3) is 1.00. The molecule has 0 bridgehead atoms. The van der Waals surface area contributed by atoms with Crippen molar-refractivity contribution in [3.05, 3.63) is 0 Å². The van der Waals surface area contributed by atoms with Gasteiger partial charge in [0.15, 0.2) is 0 Å². The van der Waals surface area contributed by atoms with Crippen LogP contribution in [0.2, 0.25) is 0 Å². The van der Waals surface area contributed by atoms with Crippen LogP contribution >= 0.6 is 0 Å². The van der Waals surface area contributed by atoms with Crippen molar-refractivity contribution < 1.29 is 42.9 Å². The lowest BCUT2D eigenvalue weighted by Gasteiger charge is -2.31. The van der Waals surface area contributed by atoms with Crippen LogP contribution in [0.25, 0.3) is 0 Å². The molecule has 0 rings (SSSR count). The average molecular weight is 645 g/mol. The number of rotatable bonds is 23. The first kappa shape index (κ1) is 43.9. The number of halogens is 2. The number of unbranched alkanes of at least 4 members (excludes halogenated alkanes) is 18. The summed E-state index contributed by atoms with van der Waals surface area (Å²) in [5.74, 6) is 0. The van der Waals surface area contributed by atoms with E-state index in [1.54, 1.807) is 0 Å². The first-order valence-corrected chi connectivity index (χ1v) is 15.7. The maximum atomic E-state index is 2.38. The van der Waals surface area contributed by atoms with Crippen LogP contribution in [0, 0.1) is 0 Å². The van der Waals surface area contributed by atoms with E-state index in [9.17, 15) is 0 Å². The topological polar surface area (TPSA) is 0 Å². The Morgan fingerprint density at radius 3 is 0.972 bits per heavy atom. The first-order valence-electron chi connectivity index (χ1n) is 15.7. The molecule has 2 nitrogen and oxygen atoms in total. The fourth-order valence-electron chi connectivity index (χ4n) is 4.39. The lowest BCUT2D eigenvalue weighted by atomic mass is 10.0. The quantitative estimate of drug-likeness (QED) is 0.117. The summed E-state index contributed by atoms with van der Waals surface area (Å²) >= 11 is 0. The zero-order valence-electron chi connectivity index (χ0n) is 26.8. The van der Waals surface area contributed by atoms with Crippen LogP contribution in [0.3, 0.4) is 0 Å². The number of hydrogen-bond donors (Lipinski definition) is 0. The highest BCUT2D eigenvalue weighted by molar-refractivity contribution is 4.53.